The fourth-order valence-corrected chi connectivity index (χ4v) is 2.28. The number of unbranched alkanes of at least 4 members (excludes halogenated alkanes) is 1. The van der Waals surface area contributed by atoms with Crippen molar-refractivity contribution in [3.63, 3.8) is 0 Å². The van der Waals surface area contributed by atoms with E-state index in [0.717, 1.165) is 30.4 Å². The van der Waals surface area contributed by atoms with Crippen molar-refractivity contribution >= 4 is 6.08 Å². The van der Waals surface area contributed by atoms with Gasteiger partial charge in [-0.05, 0) is 49.8 Å². The summed E-state index contributed by atoms with van der Waals surface area (Å²) < 4.78 is 12.7. The van der Waals surface area contributed by atoms with Crippen LogP contribution in [0.25, 0.3) is 17.2 Å². The molecule has 0 N–H and O–H groups in total. The fourth-order valence-electron chi connectivity index (χ4n) is 2.28. The Morgan fingerprint density at radius 1 is 1.13 bits per heavy atom. The van der Waals surface area contributed by atoms with Crippen molar-refractivity contribution in [3.05, 3.63) is 66.8 Å². The molecule has 1 atom stereocenters. The van der Waals surface area contributed by atoms with Gasteiger partial charge in [0.15, 0.2) is 5.82 Å². The number of hydrogen-bond donors (Lipinski definition) is 0. The average molecular weight is 310 g/mol. The van der Waals surface area contributed by atoms with E-state index >= 15 is 0 Å². The minimum Gasteiger partial charge on any atom is -0.248 e. The van der Waals surface area contributed by atoms with E-state index in [4.69, 9.17) is 0 Å². The summed E-state index contributed by atoms with van der Waals surface area (Å²) in [6.45, 7) is 5.34. The average Bonchev–Trinajstić information content (AvgIpc) is 2.56. The molecular weight excluding hydrogens is 287 g/mol. The van der Waals surface area contributed by atoms with Crippen molar-refractivity contribution < 1.29 is 4.39 Å². The lowest BCUT2D eigenvalue weighted by Gasteiger charge is -2.03. The van der Waals surface area contributed by atoms with E-state index in [2.05, 4.69) is 40.8 Å². The van der Waals surface area contributed by atoms with Crippen LogP contribution < -0.4 is 0 Å². The zero-order valence-corrected chi connectivity index (χ0v) is 13.6. The summed E-state index contributed by atoms with van der Waals surface area (Å²) in [7, 11) is 0. The van der Waals surface area contributed by atoms with Gasteiger partial charge in [0.2, 0.25) is 0 Å². The van der Waals surface area contributed by atoms with Gasteiger partial charge in [-0.2, -0.15) is 0 Å². The first-order chi connectivity index (χ1) is 11.2. The predicted octanol–water partition coefficient (Wildman–Crippen LogP) is 5.41. The van der Waals surface area contributed by atoms with Gasteiger partial charge in [-0.1, -0.05) is 36.4 Å². The smallest absolute Gasteiger partial charge is 0.151 e. The molecule has 1 unspecified atom stereocenters. The van der Waals surface area contributed by atoms with Gasteiger partial charge in [-0.25, -0.2) is 14.4 Å². The SMILES string of the molecule is C=CCc1ccc(-c2cnc(C=CCCCC(C)F)nc2)cc1. The van der Waals surface area contributed by atoms with Crippen LogP contribution in [-0.4, -0.2) is 16.1 Å². The second-order valence-electron chi connectivity index (χ2n) is 5.63. The zero-order chi connectivity index (χ0) is 16.5. The quantitative estimate of drug-likeness (QED) is 0.481. The molecule has 1 aromatic carbocycles. The summed E-state index contributed by atoms with van der Waals surface area (Å²) in [6, 6.07) is 8.34. The molecule has 3 heteroatoms. The molecule has 0 amide bonds. The normalized spacial score (nSPS) is 12.4. The van der Waals surface area contributed by atoms with Gasteiger partial charge in [-0.15, -0.1) is 6.58 Å². The molecule has 0 saturated carbocycles. The number of hydrogen-bond acceptors (Lipinski definition) is 2. The first kappa shape index (κ1) is 17.1. The number of rotatable bonds is 8. The maximum atomic E-state index is 12.7. The largest absolute Gasteiger partial charge is 0.248 e. The molecule has 2 aromatic rings. The Bertz CT molecular complexity index is 628. The summed E-state index contributed by atoms with van der Waals surface area (Å²) >= 11 is 0. The minimum absolute atomic E-state index is 0.603. The summed E-state index contributed by atoms with van der Waals surface area (Å²) in [5.74, 6) is 0.685. The van der Waals surface area contributed by atoms with Gasteiger partial charge in [0, 0.05) is 18.0 Å². The van der Waals surface area contributed by atoms with Crippen molar-refractivity contribution in [3.8, 4) is 11.1 Å². The Morgan fingerprint density at radius 2 is 1.83 bits per heavy atom. The molecule has 0 aliphatic heterocycles. The van der Waals surface area contributed by atoms with Crippen LogP contribution >= 0.6 is 0 Å². The molecule has 0 radical (unpaired) electrons. The number of nitrogens with zero attached hydrogens (tertiary/aromatic N) is 2. The number of aromatic nitrogens is 2. The fraction of sp³-hybridized carbons (Fsp3) is 0.300. The first-order valence-corrected chi connectivity index (χ1v) is 8.02. The Kier molecular flexibility index (Phi) is 6.67. The van der Waals surface area contributed by atoms with E-state index in [1.807, 2.05) is 30.6 Å². The van der Waals surface area contributed by atoms with Gasteiger partial charge in [0.05, 0.1) is 6.17 Å². The molecule has 120 valence electrons. The second kappa shape index (κ2) is 8.99. The van der Waals surface area contributed by atoms with Crippen LogP contribution in [0.4, 0.5) is 4.39 Å². The van der Waals surface area contributed by atoms with E-state index in [1.165, 1.54) is 5.56 Å². The summed E-state index contributed by atoms with van der Waals surface area (Å²) in [6.07, 6.45) is 11.9. The third-order valence-corrected chi connectivity index (χ3v) is 3.58. The molecular formula is C20H23FN2. The first-order valence-electron chi connectivity index (χ1n) is 8.02. The topological polar surface area (TPSA) is 25.8 Å². The van der Waals surface area contributed by atoms with Crippen LogP contribution in [0.2, 0.25) is 0 Å². The zero-order valence-electron chi connectivity index (χ0n) is 13.6. The second-order valence-corrected chi connectivity index (χ2v) is 5.63. The number of alkyl halides is 1. The van der Waals surface area contributed by atoms with Gasteiger partial charge in [0.25, 0.3) is 0 Å². The Balaban J connectivity index is 1.93. The van der Waals surface area contributed by atoms with Gasteiger partial charge in [-0.3, -0.25) is 0 Å². The third kappa shape index (κ3) is 5.78. The van der Waals surface area contributed by atoms with E-state index in [-0.39, 0.29) is 0 Å². The molecule has 2 nitrogen and oxygen atoms in total. The number of halogens is 1. The molecule has 1 heterocycles. The lowest BCUT2D eigenvalue weighted by atomic mass is 10.1. The van der Waals surface area contributed by atoms with Crippen LogP contribution in [0.5, 0.6) is 0 Å². The maximum Gasteiger partial charge on any atom is 0.151 e. The lowest BCUT2D eigenvalue weighted by Crippen LogP contribution is -1.91. The summed E-state index contributed by atoms with van der Waals surface area (Å²) in [4.78, 5) is 8.72. The summed E-state index contributed by atoms with van der Waals surface area (Å²) in [5.41, 5.74) is 3.34. The minimum atomic E-state index is -0.725. The molecule has 0 spiro atoms. The molecule has 0 saturated heterocycles. The van der Waals surface area contributed by atoms with Crippen molar-refractivity contribution in [1.82, 2.24) is 9.97 Å². The molecule has 0 fully saturated rings. The monoisotopic (exact) mass is 310 g/mol. The molecule has 0 bridgehead atoms. The van der Waals surface area contributed by atoms with Crippen LogP contribution in [-0.2, 0) is 6.42 Å². The summed E-state index contributed by atoms with van der Waals surface area (Å²) in [5, 5.41) is 0. The van der Waals surface area contributed by atoms with Gasteiger partial charge < -0.3 is 0 Å². The molecule has 0 aliphatic carbocycles. The van der Waals surface area contributed by atoms with Crippen LogP contribution in [0.1, 0.15) is 37.6 Å². The van der Waals surface area contributed by atoms with Crippen molar-refractivity contribution in [2.75, 3.05) is 0 Å². The lowest BCUT2D eigenvalue weighted by molar-refractivity contribution is 0.335. The van der Waals surface area contributed by atoms with E-state index in [1.54, 1.807) is 6.92 Å². The highest BCUT2D eigenvalue weighted by molar-refractivity contribution is 5.62. The van der Waals surface area contributed by atoms with Gasteiger partial charge >= 0.3 is 0 Å². The van der Waals surface area contributed by atoms with Crippen LogP contribution in [0.15, 0.2) is 55.4 Å². The van der Waals surface area contributed by atoms with Crippen LogP contribution in [0.3, 0.4) is 0 Å². The molecule has 1 aromatic heterocycles. The predicted molar refractivity (Wildman–Crippen MR) is 94.8 cm³/mol. The molecule has 23 heavy (non-hydrogen) atoms. The Morgan fingerprint density at radius 3 is 2.43 bits per heavy atom. The standard InChI is InChI=1S/C20H23FN2/c1-3-7-17-10-12-18(13-11-17)19-14-22-20(23-15-19)9-6-4-5-8-16(2)21/h3,6,9-16H,1,4-5,7-8H2,2H3. The molecule has 0 aliphatic rings. The van der Waals surface area contributed by atoms with Crippen molar-refractivity contribution in [2.45, 2.75) is 38.8 Å². The van der Waals surface area contributed by atoms with E-state index in [0.29, 0.717) is 12.2 Å². The Hall–Kier alpha value is -2.29. The highest BCUT2D eigenvalue weighted by Gasteiger charge is 2.00. The van der Waals surface area contributed by atoms with Crippen molar-refractivity contribution in [2.24, 2.45) is 0 Å². The Labute approximate surface area is 137 Å². The maximum absolute atomic E-state index is 12.7. The number of benzene rings is 1. The van der Waals surface area contributed by atoms with E-state index in [9.17, 15) is 4.39 Å². The highest BCUT2D eigenvalue weighted by atomic mass is 19.1. The van der Waals surface area contributed by atoms with Crippen molar-refractivity contribution in [1.29, 1.82) is 0 Å². The highest BCUT2D eigenvalue weighted by Crippen LogP contribution is 2.18. The third-order valence-electron chi connectivity index (χ3n) is 3.58. The van der Waals surface area contributed by atoms with Gasteiger partial charge in [0.1, 0.15) is 0 Å². The van der Waals surface area contributed by atoms with Crippen LogP contribution in [0, 0.1) is 0 Å². The molecule has 2 rings (SSSR count). The van der Waals surface area contributed by atoms with E-state index < -0.39 is 6.17 Å². The number of allylic oxidation sites excluding steroid dienone is 2.